The van der Waals surface area contributed by atoms with Gasteiger partial charge in [0.25, 0.3) is 5.91 Å². The Morgan fingerprint density at radius 1 is 1.05 bits per heavy atom. The molecule has 0 bridgehead atoms. The lowest BCUT2D eigenvalue weighted by Gasteiger charge is -2.20. The fourth-order valence-electron chi connectivity index (χ4n) is 1.84. The predicted molar refractivity (Wildman–Crippen MR) is 85.9 cm³/mol. The number of benzene rings is 1. The summed E-state index contributed by atoms with van der Waals surface area (Å²) in [5.74, 6) is -0.171. The first kappa shape index (κ1) is 15.0. The van der Waals surface area contributed by atoms with Crippen molar-refractivity contribution in [2.24, 2.45) is 0 Å². The number of nitrogens with zero attached hydrogens (tertiary/aromatic N) is 1. The van der Waals surface area contributed by atoms with E-state index in [1.165, 1.54) is 5.56 Å². The Kier molecular flexibility index (Phi) is 4.26. The fourth-order valence-corrected chi connectivity index (χ4v) is 1.84. The van der Waals surface area contributed by atoms with E-state index in [2.05, 4.69) is 15.6 Å². The van der Waals surface area contributed by atoms with Gasteiger partial charge < -0.3 is 10.6 Å². The largest absolute Gasteiger partial charge is 0.355 e. The molecule has 2 aromatic rings. The topological polar surface area (TPSA) is 54.0 Å². The average Bonchev–Trinajstić information content (AvgIpc) is 2.40. The molecule has 110 valence electrons. The summed E-state index contributed by atoms with van der Waals surface area (Å²) in [4.78, 5) is 16.2. The van der Waals surface area contributed by atoms with Gasteiger partial charge in [0.2, 0.25) is 0 Å². The van der Waals surface area contributed by atoms with Gasteiger partial charge in [-0.3, -0.25) is 9.78 Å². The minimum atomic E-state index is -0.279. The Balaban J connectivity index is 2.14. The van der Waals surface area contributed by atoms with Gasteiger partial charge in [0.05, 0.1) is 0 Å². The molecule has 2 N–H and O–H groups in total. The molecule has 1 amide bonds. The smallest absolute Gasteiger partial charge is 0.270 e. The van der Waals surface area contributed by atoms with Crippen LogP contribution in [-0.4, -0.2) is 16.4 Å². The zero-order valence-electron chi connectivity index (χ0n) is 12.9. The van der Waals surface area contributed by atoms with Gasteiger partial charge in [-0.15, -0.1) is 0 Å². The normalized spacial score (nSPS) is 11.0. The van der Waals surface area contributed by atoms with Crippen molar-refractivity contribution in [1.29, 1.82) is 0 Å². The molecule has 0 unspecified atom stereocenters. The molecule has 0 saturated carbocycles. The maximum absolute atomic E-state index is 12.1. The minimum Gasteiger partial charge on any atom is -0.355 e. The molecular formula is C17H21N3O. The first-order chi connectivity index (χ1) is 9.83. The lowest BCUT2D eigenvalue weighted by atomic mass is 10.1. The second-order valence-corrected chi connectivity index (χ2v) is 6.12. The second-order valence-electron chi connectivity index (χ2n) is 6.12. The summed E-state index contributed by atoms with van der Waals surface area (Å²) < 4.78 is 0. The van der Waals surface area contributed by atoms with Crippen molar-refractivity contribution in [2.45, 2.75) is 33.2 Å². The minimum absolute atomic E-state index is 0.171. The molecule has 0 aliphatic carbocycles. The van der Waals surface area contributed by atoms with Gasteiger partial charge in [0.1, 0.15) is 5.69 Å². The molecule has 1 aromatic carbocycles. The van der Waals surface area contributed by atoms with E-state index in [0.717, 1.165) is 11.4 Å². The predicted octanol–water partition coefficient (Wildman–Crippen LogP) is 3.66. The highest BCUT2D eigenvalue weighted by Gasteiger charge is 2.16. The number of carbonyl (C=O) groups is 1. The summed E-state index contributed by atoms with van der Waals surface area (Å²) in [6.45, 7) is 7.88. The van der Waals surface area contributed by atoms with Crippen molar-refractivity contribution < 1.29 is 4.79 Å². The number of hydrogen-bond acceptors (Lipinski definition) is 3. The molecule has 0 fully saturated rings. The molecule has 0 aliphatic rings. The van der Waals surface area contributed by atoms with Crippen molar-refractivity contribution in [3.63, 3.8) is 0 Å². The molecule has 0 radical (unpaired) electrons. The number of amides is 1. The van der Waals surface area contributed by atoms with E-state index in [1.54, 1.807) is 12.3 Å². The number of aromatic nitrogens is 1. The zero-order valence-corrected chi connectivity index (χ0v) is 12.9. The SMILES string of the molecule is Cc1ccc(Nc2ccnc(C(=O)NC(C)(C)C)c2)cc1. The van der Waals surface area contributed by atoms with Crippen molar-refractivity contribution >= 4 is 17.3 Å². The molecule has 21 heavy (non-hydrogen) atoms. The van der Waals surface area contributed by atoms with E-state index >= 15 is 0 Å². The molecule has 4 heteroatoms. The Hall–Kier alpha value is -2.36. The van der Waals surface area contributed by atoms with Crippen molar-refractivity contribution in [2.75, 3.05) is 5.32 Å². The monoisotopic (exact) mass is 283 g/mol. The number of pyridine rings is 1. The van der Waals surface area contributed by atoms with Crippen LogP contribution in [0.1, 0.15) is 36.8 Å². The Labute approximate surface area is 125 Å². The highest BCUT2D eigenvalue weighted by atomic mass is 16.2. The third-order valence-electron chi connectivity index (χ3n) is 2.82. The van der Waals surface area contributed by atoms with E-state index in [4.69, 9.17) is 0 Å². The zero-order chi connectivity index (χ0) is 15.5. The van der Waals surface area contributed by atoms with Gasteiger partial charge in [0.15, 0.2) is 0 Å². The van der Waals surface area contributed by atoms with E-state index in [0.29, 0.717) is 5.69 Å². The Bertz CT molecular complexity index is 627. The van der Waals surface area contributed by atoms with Crippen LogP contribution in [0.5, 0.6) is 0 Å². The number of rotatable bonds is 3. The standard InChI is InChI=1S/C17H21N3O/c1-12-5-7-13(8-6-12)19-14-9-10-18-15(11-14)16(21)20-17(2,3)4/h5-11H,1-4H3,(H,18,19)(H,20,21). The fraction of sp³-hybridized carbons (Fsp3) is 0.294. The van der Waals surface area contributed by atoms with Crippen LogP contribution in [0, 0.1) is 6.92 Å². The van der Waals surface area contributed by atoms with Gasteiger partial charge in [-0.05, 0) is 52.0 Å². The van der Waals surface area contributed by atoms with Crippen molar-refractivity contribution in [3.05, 3.63) is 53.9 Å². The summed E-state index contributed by atoms with van der Waals surface area (Å²) in [5, 5.41) is 6.17. The first-order valence-corrected chi connectivity index (χ1v) is 6.96. The van der Waals surface area contributed by atoms with E-state index < -0.39 is 0 Å². The third-order valence-corrected chi connectivity index (χ3v) is 2.82. The summed E-state index contributed by atoms with van der Waals surface area (Å²) in [6, 6.07) is 11.7. The van der Waals surface area contributed by atoms with Gasteiger partial charge in [0, 0.05) is 23.1 Å². The lowest BCUT2D eigenvalue weighted by molar-refractivity contribution is 0.0914. The van der Waals surface area contributed by atoms with Crippen LogP contribution in [0.2, 0.25) is 0 Å². The van der Waals surface area contributed by atoms with E-state index in [1.807, 2.05) is 58.0 Å². The molecule has 0 aliphatic heterocycles. The summed E-state index contributed by atoms with van der Waals surface area (Å²) in [7, 11) is 0. The van der Waals surface area contributed by atoms with Crippen LogP contribution < -0.4 is 10.6 Å². The number of hydrogen-bond donors (Lipinski definition) is 2. The summed E-state index contributed by atoms with van der Waals surface area (Å²) >= 11 is 0. The highest BCUT2D eigenvalue weighted by Crippen LogP contribution is 2.17. The summed E-state index contributed by atoms with van der Waals surface area (Å²) in [6.07, 6.45) is 1.63. The van der Waals surface area contributed by atoms with Crippen LogP contribution in [0.4, 0.5) is 11.4 Å². The molecule has 0 atom stereocenters. The molecule has 0 saturated heterocycles. The summed E-state index contributed by atoms with van der Waals surface area (Å²) in [5.41, 5.74) is 3.16. The van der Waals surface area contributed by atoms with Crippen LogP contribution >= 0.6 is 0 Å². The lowest BCUT2D eigenvalue weighted by Crippen LogP contribution is -2.40. The molecule has 1 heterocycles. The van der Waals surface area contributed by atoms with E-state index in [-0.39, 0.29) is 11.4 Å². The molecule has 4 nitrogen and oxygen atoms in total. The van der Waals surface area contributed by atoms with Crippen LogP contribution in [-0.2, 0) is 0 Å². The van der Waals surface area contributed by atoms with Crippen LogP contribution in [0.25, 0.3) is 0 Å². The van der Waals surface area contributed by atoms with Crippen LogP contribution in [0.15, 0.2) is 42.6 Å². The molecular weight excluding hydrogens is 262 g/mol. The maximum Gasteiger partial charge on any atom is 0.270 e. The third kappa shape index (κ3) is 4.60. The maximum atomic E-state index is 12.1. The number of anilines is 2. The first-order valence-electron chi connectivity index (χ1n) is 6.96. The quantitative estimate of drug-likeness (QED) is 0.903. The Morgan fingerprint density at radius 2 is 1.71 bits per heavy atom. The van der Waals surface area contributed by atoms with Crippen LogP contribution in [0.3, 0.4) is 0 Å². The average molecular weight is 283 g/mol. The van der Waals surface area contributed by atoms with Gasteiger partial charge in [-0.1, -0.05) is 17.7 Å². The van der Waals surface area contributed by atoms with Crippen molar-refractivity contribution in [1.82, 2.24) is 10.3 Å². The Morgan fingerprint density at radius 3 is 2.33 bits per heavy atom. The highest BCUT2D eigenvalue weighted by molar-refractivity contribution is 5.93. The number of nitrogens with one attached hydrogen (secondary N) is 2. The molecule has 2 rings (SSSR count). The van der Waals surface area contributed by atoms with Gasteiger partial charge >= 0.3 is 0 Å². The molecule has 1 aromatic heterocycles. The second kappa shape index (κ2) is 5.95. The number of aryl methyl sites for hydroxylation is 1. The van der Waals surface area contributed by atoms with Gasteiger partial charge in [-0.2, -0.15) is 0 Å². The molecule has 0 spiro atoms. The van der Waals surface area contributed by atoms with E-state index in [9.17, 15) is 4.79 Å². The van der Waals surface area contributed by atoms with Gasteiger partial charge in [-0.25, -0.2) is 0 Å². The number of carbonyl (C=O) groups excluding carboxylic acids is 1. The van der Waals surface area contributed by atoms with Crippen molar-refractivity contribution in [3.8, 4) is 0 Å².